The van der Waals surface area contributed by atoms with Gasteiger partial charge in [-0.1, -0.05) is 27.5 Å². The van der Waals surface area contributed by atoms with Crippen molar-refractivity contribution in [2.45, 2.75) is 12.8 Å². The summed E-state index contributed by atoms with van der Waals surface area (Å²) >= 11 is 9.55. The second-order valence-electron chi connectivity index (χ2n) is 4.91. The lowest BCUT2D eigenvalue weighted by Crippen LogP contribution is -2.36. The molecule has 1 aliphatic rings. The molecule has 0 N–H and O–H groups in total. The molecule has 0 bridgehead atoms. The Morgan fingerprint density at radius 1 is 1.45 bits per heavy atom. The molecule has 5 nitrogen and oxygen atoms in total. The summed E-state index contributed by atoms with van der Waals surface area (Å²) < 4.78 is 11.1. The molecule has 110 valence electrons. The predicted molar refractivity (Wildman–Crippen MR) is 79.9 cm³/mol. The zero-order valence-corrected chi connectivity index (χ0v) is 13.2. The Morgan fingerprint density at radius 3 is 2.70 bits per heavy atom. The van der Waals surface area contributed by atoms with Crippen LogP contribution in [0.25, 0.3) is 0 Å². The molecule has 1 aromatic carbocycles. The Labute approximate surface area is 130 Å². The third kappa shape index (κ3) is 3.62. The number of nitro groups is 1. The molecule has 0 atom stereocenters. The van der Waals surface area contributed by atoms with E-state index in [0.29, 0.717) is 12.4 Å². The maximum atomic E-state index is 10.7. The molecule has 2 rings (SSSR count). The van der Waals surface area contributed by atoms with Crippen LogP contribution in [0.3, 0.4) is 0 Å². The van der Waals surface area contributed by atoms with Gasteiger partial charge in [-0.3, -0.25) is 10.1 Å². The van der Waals surface area contributed by atoms with E-state index in [0.717, 1.165) is 31.4 Å². The first-order valence-corrected chi connectivity index (χ1v) is 7.77. The summed E-state index contributed by atoms with van der Waals surface area (Å²) in [6.07, 6.45) is 1.84. The summed E-state index contributed by atoms with van der Waals surface area (Å²) in [7, 11) is 0. The molecule has 1 aromatic rings. The number of non-ortho nitro benzene ring substituents is 1. The van der Waals surface area contributed by atoms with E-state index in [1.807, 2.05) is 0 Å². The van der Waals surface area contributed by atoms with Crippen molar-refractivity contribution in [1.29, 1.82) is 0 Å². The molecule has 0 saturated carbocycles. The van der Waals surface area contributed by atoms with Gasteiger partial charge in [-0.05, 0) is 18.9 Å². The zero-order valence-electron chi connectivity index (χ0n) is 10.8. The number of hydrogen-bond donors (Lipinski definition) is 0. The largest absolute Gasteiger partial charge is 0.491 e. The molecule has 1 saturated heterocycles. The van der Waals surface area contributed by atoms with Crippen molar-refractivity contribution in [3.63, 3.8) is 0 Å². The Balaban J connectivity index is 2.04. The maximum Gasteiger partial charge on any atom is 0.271 e. The topological polar surface area (TPSA) is 61.6 Å². The van der Waals surface area contributed by atoms with Gasteiger partial charge in [0.25, 0.3) is 5.69 Å². The van der Waals surface area contributed by atoms with Crippen molar-refractivity contribution in [1.82, 2.24) is 0 Å². The van der Waals surface area contributed by atoms with Crippen LogP contribution in [0.1, 0.15) is 12.8 Å². The van der Waals surface area contributed by atoms with Gasteiger partial charge in [0.2, 0.25) is 0 Å². The highest BCUT2D eigenvalue weighted by Crippen LogP contribution is 2.35. The molecule has 1 fully saturated rings. The smallest absolute Gasteiger partial charge is 0.271 e. The summed E-state index contributed by atoms with van der Waals surface area (Å²) in [5.41, 5.74) is -0.00721. The standard InChI is InChI=1S/C13H15BrClNO4/c14-8-13(3-5-19-6-4-13)9-20-12-2-1-10(16(17)18)7-11(12)15/h1-2,7H,3-6,8-9H2. The average molecular weight is 365 g/mol. The molecule has 0 spiro atoms. The Kier molecular flexibility index (Phi) is 5.23. The third-order valence-electron chi connectivity index (χ3n) is 3.50. The molecule has 0 aliphatic carbocycles. The Bertz CT molecular complexity index is 491. The molecular weight excluding hydrogens is 350 g/mol. The van der Waals surface area contributed by atoms with Crippen LogP contribution >= 0.6 is 27.5 Å². The van der Waals surface area contributed by atoms with Gasteiger partial charge in [0.1, 0.15) is 5.75 Å². The number of benzene rings is 1. The van der Waals surface area contributed by atoms with Gasteiger partial charge >= 0.3 is 0 Å². The van der Waals surface area contributed by atoms with Crippen LogP contribution in [-0.2, 0) is 4.74 Å². The van der Waals surface area contributed by atoms with Crippen molar-refractivity contribution in [2.24, 2.45) is 5.41 Å². The Morgan fingerprint density at radius 2 is 2.15 bits per heavy atom. The van der Waals surface area contributed by atoms with E-state index >= 15 is 0 Å². The lowest BCUT2D eigenvalue weighted by atomic mass is 9.83. The van der Waals surface area contributed by atoms with E-state index in [2.05, 4.69) is 15.9 Å². The number of alkyl halides is 1. The number of rotatable bonds is 5. The van der Waals surface area contributed by atoms with Crippen molar-refractivity contribution in [3.8, 4) is 5.75 Å². The fourth-order valence-electron chi connectivity index (χ4n) is 2.07. The highest BCUT2D eigenvalue weighted by Gasteiger charge is 2.32. The predicted octanol–water partition coefficient (Wildman–Crippen LogP) is 3.82. The summed E-state index contributed by atoms with van der Waals surface area (Å²) in [5.74, 6) is 0.476. The second kappa shape index (κ2) is 6.74. The fourth-order valence-corrected chi connectivity index (χ4v) is 3.02. The highest BCUT2D eigenvalue weighted by molar-refractivity contribution is 9.09. The van der Waals surface area contributed by atoms with Gasteiger partial charge in [-0.15, -0.1) is 0 Å². The number of ether oxygens (including phenoxy) is 2. The molecule has 0 aromatic heterocycles. The SMILES string of the molecule is O=[N+]([O-])c1ccc(OCC2(CBr)CCOCC2)c(Cl)c1. The van der Waals surface area contributed by atoms with Crippen LogP contribution in [0.15, 0.2) is 18.2 Å². The number of halogens is 2. The average Bonchev–Trinajstić information content (AvgIpc) is 2.47. The van der Waals surface area contributed by atoms with Crippen LogP contribution in [0, 0.1) is 15.5 Å². The lowest BCUT2D eigenvalue weighted by Gasteiger charge is -2.35. The van der Waals surface area contributed by atoms with Crippen molar-refractivity contribution < 1.29 is 14.4 Å². The normalized spacial score (nSPS) is 17.7. The van der Waals surface area contributed by atoms with Gasteiger partial charge in [0.15, 0.2) is 0 Å². The fraction of sp³-hybridized carbons (Fsp3) is 0.538. The van der Waals surface area contributed by atoms with Crippen LogP contribution in [0.2, 0.25) is 5.02 Å². The van der Waals surface area contributed by atoms with Crippen LogP contribution in [-0.4, -0.2) is 30.1 Å². The highest BCUT2D eigenvalue weighted by atomic mass is 79.9. The molecule has 0 unspecified atom stereocenters. The first kappa shape index (κ1) is 15.5. The minimum absolute atomic E-state index is 0.0311. The van der Waals surface area contributed by atoms with E-state index in [1.165, 1.54) is 12.1 Å². The second-order valence-corrected chi connectivity index (χ2v) is 5.87. The van der Waals surface area contributed by atoms with E-state index in [1.54, 1.807) is 6.07 Å². The van der Waals surface area contributed by atoms with Crippen molar-refractivity contribution in [2.75, 3.05) is 25.2 Å². The quantitative estimate of drug-likeness (QED) is 0.453. The van der Waals surface area contributed by atoms with E-state index < -0.39 is 4.92 Å². The molecule has 0 radical (unpaired) electrons. The summed E-state index contributed by atoms with van der Waals surface area (Å²) in [6.45, 7) is 1.96. The summed E-state index contributed by atoms with van der Waals surface area (Å²) in [4.78, 5) is 10.2. The van der Waals surface area contributed by atoms with Crippen LogP contribution < -0.4 is 4.74 Å². The van der Waals surface area contributed by atoms with E-state index in [9.17, 15) is 10.1 Å². The number of hydrogen-bond acceptors (Lipinski definition) is 4. The van der Waals surface area contributed by atoms with Crippen LogP contribution in [0.5, 0.6) is 5.75 Å². The van der Waals surface area contributed by atoms with Crippen molar-refractivity contribution in [3.05, 3.63) is 33.3 Å². The van der Waals surface area contributed by atoms with Gasteiger partial charge in [-0.2, -0.15) is 0 Å². The van der Waals surface area contributed by atoms with Crippen LogP contribution in [0.4, 0.5) is 5.69 Å². The number of nitro benzene ring substituents is 1. The molecule has 1 heterocycles. The lowest BCUT2D eigenvalue weighted by molar-refractivity contribution is -0.384. The first-order valence-electron chi connectivity index (χ1n) is 6.27. The minimum atomic E-state index is -0.478. The maximum absolute atomic E-state index is 10.7. The monoisotopic (exact) mass is 363 g/mol. The molecule has 7 heteroatoms. The third-order valence-corrected chi connectivity index (χ3v) is 4.98. The summed E-state index contributed by atoms with van der Waals surface area (Å²) in [6, 6.07) is 4.25. The zero-order chi connectivity index (χ0) is 14.6. The van der Waals surface area contributed by atoms with Gasteiger partial charge in [0, 0.05) is 36.1 Å². The molecule has 20 heavy (non-hydrogen) atoms. The molecule has 1 aliphatic heterocycles. The molecule has 0 amide bonds. The van der Waals surface area contributed by atoms with E-state index in [4.69, 9.17) is 21.1 Å². The number of nitrogens with zero attached hydrogens (tertiary/aromatic N) is 1. The van der Waals surface area contributed by atoms with Gasteiger partial charge in [0.05, 0.1) is 16.6 Å². The van der Waals surface area contributed by atoms with Gasteiger partial charge in [-0.25, -0.2) is 0 Å². The summed E-state index contributed by atoms with van der Waals surface area (Å²) in [5, 5.41) is 11.7. The minimum Gasteiger partial charge on any atom is -0.491 e. The Hall–Kier alpha value is -0.850. The van der Waals surface area contributed by atoms with Crippen molar-refractivity contribution >= 4 is 33.2 Å². The van der Waals surface area contributed by atoms with E-state index in [-0.39, 0.29) is 16.1 Å². The van der Waals surface area contributed by atoms with Gasteiger partial charge < -0.3 is 9.47 Å². The first-order chi connectivity index (χ1) is 9.56. The molecular formula is C13H15BrClNO4.